The van der Waals surface area contributed by atoms with Crippen LogP contribution in [0.25, 0.3) is 0 Å². The van der Waals surface area contributed by atoms with Crippen molar-refractivity contribution in [2.45, 2.75) is 6.92 Å². The molecule has 3 amide bonds. The SMILES string of the molecule is Cc1ccc(NC(=O)CN(C)CC(=O)Nc2cccc(C(=O)N(C)C)c2)nc1. The molecule has 148 valence electrons. The lowest BCUT2D eigenvalue weighted by molar-refractivity contribution is -0.119. The van der Waals surface area contributed by atoms with Crippen molar-refractivity contribution >= 4 is 29.2 Å². The van der Waals surface area contributed by atoms with Crippen LogP contribution < -0.4 is 10.6 Å². The van der Waals surface area contributed by atoms with Gasteiger partial charge in [-0.15, -0.1) is 0 Å². The maximum Gasteiger partial charge on any atom is 0.253 e. The maximum absolute atomic E-state index is 12.2. The molecule has 0 radical (unpaired) electrons. The third-order valence-corrected chi connectivity index (χ3v) is 3.81. The molecule has 1 aromatic heterocycles. The standard InChI is InChI=1S/C20H25N5O3/c1-14-8-9-17(21-11-14)23-19(27)13-25(4)12-18(26)22-16-7-5-6-15(10-16)20(28)24(2)3/h5-11H,12-13H2,1-4H3,(H,22,26)(H,21,23,27). The van der Waals surface area contributed by atoms with E-state index in [1.807, 2.05) is 13.0 Å². The van der Waals surface area contributed by atoms with Gasteiger partial charge in [-0.2, -0.15) is 0 Å². The van der Waals surface area contributed by atoms with Crippen LogP contribution in [0.4, 0.5) is 11.5 Å². The number of carbonyl (C=O) groups excluding carboxylic acids is 3. The minimum absolute atomic E-state index is 0.0284. The fraction of sp³-hybridized carbons (Fsp3) is 0.300. The molecule has 1 aromatic carbocycles. The Bertz CT molecular complexity index is 849. The van der Waals surface area contributed by atoms with Crippen molar-refractivity contribution in [1.82, 2.24) is 14.8 Å². The smallest absolute Gasteiger partial charge is 0.253 e. The van der Waals surface area contributed by atoms with Crippen LogP contribution in [-0.4, -0.2) is 66.7 Å². The lowest BCUT2D eigenvalue weighted by Gasteiger charge is -2.16. The van der Waals surface area contributed by atoms with Crippen LogP contribution in [0.3, 0.4) is 0 Å². The molecule has 1 heterocycles. The summed E-state index contributed by atoms with van der Waals surface area (Å²) in [7, 11) is 5.01. The number of nitrogens with zero attached hydrogens (tertiary/aromatic N) is 3. The first kappa shape index (κ1) is 21.0. The lowest BCUT2D eigenvalue weighted by atomic mass is 10.2. The molecule has 0 saturated heterocycles. The van der Waals surface area contributed by atoms with Crippen LogP contribution >= 0.6 is 0 Å². The van der Waals surface area contributed by atoms with Crippen molar-refractivity contribution in [3.8, 4) is 0 Å². The Kier molecular flexibility index (Phi) is 7.22. The van der Waals surface area contributed by atoms with Gasteiger partial charge in [-0.25, -0.2) is 4.98 Å². The summed E-state index contributed by atoms with van der Waals surface area (Å²) in [6.07, 6.45) is 1.67. The summed E-state index contributed by atoms with van der Waals surface area (Å²) in [6.45, 7) is 1.99. The molecule has 8 nitrogen and oxygen atoms in total. The summed E-state index contributed by atoms with van der Waals surface area (Å²) < 4.78 is 0. The van der Waals surface area contributed by atoms with Crippen LogP contribution in [-0.2, 0) is 9.59 Å². The fourth-order valence-corrected chi connectivity index (χ4v) is 2.46. The van der Waals surface area contributed by atoms with Crippen LogP contribution in [0.5, 0.6) is 0 Å². The molecule has 2 rings (SSSR count). The van der Waals surface area contributed by atoms with E-state index in [9.17, 15) is 14.4 Å². The number of hydrogen-bond donors (Lipinski definition) is 2. The van der Waals surface area contributed by atoms with E-state index in [2.05, 4.69) is 15.6 Å². The number of anilines is 2. The zero-order chi connectivity index (χ0) is 20.7. The Morgan fingerprint density at radius 3 is 2.25 bits per heavy atom. The molecule has 0 saturated carbocycles. The Balaban J connectivity index is 1.85. The average molecular weight is 383 g/mol. The molecule has 0 atom stereocenters. The van der Waals surface area contributed by atoms with E-state index in [0.717, 1.165) is 5.56 Å². The third-order valence-electron chi connectivity index (χ3n) is 3.81. The van der Waals surface area contributed by atoms with Crippen molar-refractivity contribution in [2.24, 2.45) is 0 Å². The zero-order valence-electron chi connectivity index (χ0n) is 16.5. The summed E-state index contributed by atoms with van der Waals surface area (Å²) in [5, 5.41) is 5.43. The number of pyridine rings is 1. The molecule has 0 aliphatic heterocycles. The summed E-state index contributed by atoms with van der Waals surface area (Å²) >= 11 is 0. The number of rotatable bonds is 7. The highest BCUT2D eigenvalue weighted by molar-refractivity contribution is 5.97. The second kappa shape index (κ2) is 9.61. The van der Waals surface area contributed by atoms with Gasteiger partial charge < -0.3 is 15.5 Å². The number of hydrogen-bond acceptors (Lipinski definition) is 5. The quantitative estimate of drug-likeness (QED) is 0.757. The molecule has 0 aliphatic carbocycles. The van der Waals surface area contributed by atoms with Crippen molar-refractivity contribution in [3.63, 3.8) is 0 Å². The molecule has 0 spiro atoms. The van der Waals surface area contributed by atoms with Crippen molar-refractivity contribution in [1.29, 1.82) is 0 Å². The molecular formula is C20H25N5O3. The molecule has 2 aromatic rings. The van der Waals surface area contributed by atoms with Gasteiger partial charge in [0, 0.05) is 31.5 Å². The van der Waals surface area contributed by atoms with Crippen LogP contribution in [0, 0.1) is 6.92 Å². The molecule has 2 N–H and O–H groups in total. The van der Waals surface area contributed by atoms with E-state index < -0.39 is 0 Å². The van der Waals surface area contributed by atoms with Gasteiger partial charge in [0.2, 0.25) is 11.8 Å². The van der Waals surface area contributed by atoms with Gasteiger partial charge in [-0.05, 0) is 43.8 Å². The van der Waals surface area contributed by atoms with Crippen molar-refractivity contribution in [3.05, 3.63) is 53.7 Å². The van der Waals surface area contributed by atoms with Gasteiger partial charge in [0.1, 0.15) is 5.82 Å². The van der Waals surface area contributed by atoms with Crippen molar-refractivity contribution in [2.75, 3.05) is 44.9 Å². The Morgan fingerprint density at radius 1 is 0.964 bits per heavy atom. The highest BCUT2D eigenvalue weighted by atomic mass is 16.2. The highest BCUT2D eigenvalue weighted by Crippen LogP contribution is 2.12. The van der Waals surface area contributed by atoms with Crippen LogP contribution in [0.15, 0.2) is 42.6 Å². The van der Waals surface area contributed by atoms with Gasteiger partial charge in [0.25, 0.3) is 5.91 Å². The predicted molar refractivity (Wildman–Crippen MR) is 108 cm³/mol. The van der Waals surface area contributed by atoms with E-state index in [-0.39, 0.29) is 30.8 Å². The van der Waals surface area contributed by atoms with E-state index in [0.29, 0.717) is 17.1 Å². The summed E-state index contributed by atoms with van der Waals surface area (Å²) in [5.41, 5.74) is 2.02. The Hall–Kier alpha value is -3.26. The molecule has 0 aliphatic rings. The molecule has 0 bridgehead atoms. The first-order valence-electron chi connectivity index (χ1n) is 8.77. The van der Waals surface area contributed by atoms with Gasteiger partial charge in [-0.1, -0.05) is 12.1 Å². The van der Waals surface area contributed by atoms with Gasteiger partial charge >= 0.3 is 0 Å². The first-order valence-corrected chi connectivity index (χ1v) is 8.77. The second-order valence-corrected chi connectivity index (χ2v) is 6.77. The number of amides is 3. The van der Waals surface area contributed by atoms with E-state index in [1.54, 1.807) is 62.6 Å². The van der Waals surface area contributed by atoms with Crippen LogP contribution in [0.2, 0.25) is 0 Å². The molecular weight excluding hydrogens is 358 g/mol. The van der Waals surface area contributed by atoms with Gasteiger partial charge in [0.05, 0.1) is 13.1 Å². The predicted octanol–water partition coefficient (Wildman–Crippen LogP) is 1.60. The van der Waals surface area contributed by atoms with Gasteiger partial charge in [-0.3, -0.25) is 19.3 Å². The highest BCUT2D eigenvalue weighted by Gasteiger charge is 2.13. The van der Waals surface area contributed by atoms with Crippen molar-refractivity contribution < 1.29 is 14.4 Å². The number of benzene rings is 1. The molecule has 0 fully saturated rings. The summed E-state index contributed by atoms with van der Waals surface area (Å²) in [4.78, 5) is 43.5. The zero-order valence-corrected chi connectivity index (χ0v) is 16.5. The summed E-state index contributed by atoms with van der Waals surface area (Å²) in [6, 6.07) is 10.3. The monoisotopic (exact) mass is 383 g/mol. The third kappa shape index (κ3) is 6.48. The number of carbonyl (C=O) groups is 3. The Morgan fingerprint density at radius 2 is 1.64 bits per heavy atom. The average Bonchev–Trinajstić information content (AvgIpc) is 2.62. The molecule has 8 heteroatoms. The van der Waals surface area contributed by atoms with E-state index >= 15 is 0 Å². The topological polar surface area (TPSA) is 94.6 Å². The fourth-order valence-electron chi connectivity index (χ4n) is 2.46. The Labute approximate surface area is 164 Å². The number of nitrogens with one attached hydrogen (secondary N) is 2. The minimum Gasteiger partial charge on any atom is -0.345 e. The number of aryl methyl sites for hydroxylation is 1. The lowest BCUT2D eigenvalue weighted by Crippen LogP contribution is -2.36. The summed E-state index contributed by atoms with van der Waals surface area (Å²) in [5.74, 6) is -0.214. The van der Waals surface area contributed by atoms with E-state index in [1.165, 1.54) is 4.90 Å². The normalized spacial score (nSPS) is 10.5. The molecule has 28 heavy (non-hydrogen) atoms. The van der Waals surface area contributed by atoms with Crippen LogP contribution in [0.1, 0.15) is 15.9 Å². The number of aromatic nitrogens is 1. The second-order valence-electron chi connectivity index (χ2n) is 6.77. The first-order chi connectivity index (χ1) is 13.2. The maximum atomic E-state index is 12.2. The largest absolute Gasteiger partial charge is 0.345 e. The van der Waals surface area contributed by atoms with E-state index in [4.69, 9.17) is 0 Å². The number of likely N-dealkylation sites (N-methyl/N-ethyl adjacent to an activating group) is 1. The molecule has 0 unspecified atom stereocenters. The minimum atomic E-state index is -0.279. The van der Waals surface area contributed by atoms with Gasteiger partial charge in [0.15, 0.2) is 0 Å².